The summed E-state index contributed by atoms with van der Waals surface area (Å²) in [6.45, 7) is 3.56. The van der Waals surface area contributed by atoms with Crippen LogP contribution in [-0.2, 0) is 16.0 Å². The fraction of sp³-hybridized carbons (Fsp3) is 0.500. The number of piperidine rings is 1. The first-order chi connectivity index (χ1) is 13.6. The van der Waals surface area contributed by atoms with Crippen molar-refractivity contribution in [1.29, 1.82) is 0 Å². The number of nitrogens with two attached hydrogens (primary N) is 1. The molecule has 6 nitrogen and oxygen atoms in total. The van der Waals surface area contributed by atoms with Gasteiger partial charge in [0.2, 0.25) is 5.91 Å². The highest BCUT2D eigenvalue weighted by molar-refractivity contribution is 7.20. The smallest absolute Gasteiger partial charge is 0.475 e. The number of aromatic nitrogens is 1. The van der Waals surface area contributed by atoms with E-state index in [4.69, 9.17) is 15.6 Å². The van der Waals surface area contributed by atoms with Gasteiger partial charge in [-0.1, -0.05) is 13.0 Å². The van der Waals surface area contributed by atoms with Gasteiger partial charge in [0.25, 0.3) is 0 Å². The Morgan fingerprint density at radius 3 is 2.62 bits per heavy atom. The lowest BCUT2D eigenvalue weighted by molar-refractivity contribution is -0.192. The Hall–Kier alpha value is -1.98. The average molecular weight is 450 g/mol. The normalized spacial score (nSPS) is 19.4. The lowest BCUT2D eigenvalue weighted by Crippen LogP contribution is -2.51. The quantitative estimate of drug-likeness (QED) is 0.743. The van der Waals surface area contributed by atoms with Crippen LogP contribution in [0.25, 0.3) is 9.88 Å². The van der Waals surface area contributed by atoms with E-state index in [0.717, 1.165) is 35.0 Å². The summed E-state index contributed by atoms with van der Waals surface area (Å²) < 4.78 is 31.7. The number of hydrogen-bond donors (Lipinski definition) is 2. The predicted molar refractivity (Wildman–Crippen MR) is 106 cm³/mol. The van der Waals surface area contributed by atoms with Crippen LogP contribution >= 0.6 is 22.7 Å². The molecular formula is C18H22F3N3O3S2. The van der Waals surface area contributed by atoms with Crippen molar-refractivity contribution in [2.45, 2.75) is 38.4 Å². The van der Waals surface area contributed by atoms with Gasteiger partial charge in [-0.15, -0.1) is 22.7 Å². The number of aliphatic carboxylic acids is 1. The zero-order valence-electron chi connectivity index (χ0n) is 15.7. The fourth-order valence-electron chi connectivity index (χ4n) is 3.08. The van der Waals surface area contributed by atoms with Gasteiger partial charge in [-0.3, -0.25) is 4.79 Å². The van der Waals surface area contributed by atoms with Gasteiger partial charge in [0.15, 0.2) is 0 Å². The molecule has 3 N–H and O–H groups in total. The Balaban J connectivity index is 0.000000370. The number of nitrogens with zero attached hydrogens (tertiary/aromatic N) is 2. The number of carbonyl (C=O) groups excluding carboxylic acids is 1. The molecule has 3 heterocycles. The number of carboxylic acids is 1. The zero-order chi connectivity index (χ0) is 21.6. The van der Waals surface area contributed by atoms with Gasteiger partial charge in [-0.05, 0) is 30.2 Å². The van der Waals surface area contributed by atoms with Crippen LogP contribution in [0, 0.1) is 5.92 Å². The summed E-state index contributed by atoms with van der Waals surface area (Å²) >= 11 is 3.28. The minimum Gasteiger partial charge on any atom is -0.475 e. The Kier molecular flexibility index (Phi) is 8.17. The highest BCUT2D eigenvalue weighted by Gasteiger charge is 2.38. The second-order valence-electron chi connectivity index (χ2n) is 6.61. The summed E-state index contributed by atoms with van der Waals surface area (Å²) in [5.41, 5.74) is 6.75. The second kappa shape index (κ2) is 10.2. The first-order valence-corrected chi connectivity index (χ1v) is 10.7. The van der Waals surface area contributed by atoms with Gasteiger partial charge in [-0.25, -0.2) is 9.78 Å². The number of likely N-dealkylation sites (tertiary alicyclic amines) is 1. The topological polar surface area (TPSA) is 96.5 Å². The van der Waals surface area contributed by atoms with E-state index in [1.807, 2.05) is 21.7 Å². The molecule has 0 aliphatic carbocycles. The number of rotatable bonds is 4. The maximum atomic E-state index is 12.6. The number of thiophene rings is 1. The summed E-state index contributed by atoms with van der Waals surface area (Å²) in [7, 11) is 0. The van der Waals surface area contributed by atoms with Gasteiger partial charge >= 0.3 is 12.1 Å². The van der Waals surface area contributed by atoms with Crippen molar-refractivity contribution in [3.63, 3.8) is 0 Å². The van der Waals surface area contributed by atoms with Gasteiger partial charge in [0.05, 0.1) is 17.0 Å². The van der Waals surface area contributed by atoms with Crippen LogP contribution in [0.15, 0.2) is 22.9 Å². The van der Waals surface area contributed by atoms with E-state index >= 15 is 0 Å². The molecule has 29 heavy (non-hydrogen) atoms. The molecule has 160 valence electrons. The molecule has 2 aromatic rings. The molecule has 1 aliphatic heterocycles. The maximum Gasteiger partial charge on any atom is 0.490 e. The number of alkyl halides is 3. The fourth-order valence-corrected chi connectivity index (χ4v) is 4.71. The van der Waals surface area contributed by atoms with Crippen molar-refractivity contribution in [2.75, 3.05) is 13.1 Å². The van der Waals surface area contributed by atoms with E-state index in [2.05, 4.69) is 18.0 Å². The summed E-state index contributed by atoms with van der Waals surface area (Å²) in [4.78, 5) is 29.3. The molecule has 1 saturated heterocycles. The molecule has 11 heteroatoms. The molecular weight excluding hydrogens is 427 g/mol. The Morgan fingerprint density at radius 1 is 1.38 bits per heavy atom. The van der Waals surface area contributed by atoms with Crippen LogP contribution in [0.3, 0.4) is 0 Å². The highest BCUT2D eigenvalue weighted by atomic mass is 32.1. The monoisotopic (exact) mass is 449 g/mol. The number of carbonyl (C=O) groups is 2. The molecule has 2 unspecified atom stereocenters. The first kappa shape index (κ1) is 23.3. The number of halogens is 3. The third-order valence-corrected chi connectivity index (χ3v) is 6.47. The van der Waals surface area contributed by atoms with Crippen molar-refractivity contribution in [3.8, 4) is 9.88 Å². The first-order valence-electron chi connectivity index (χ1n) is 8.91. The van der Waals surface area contributed by atoms with E-state index in [0.29, 0.717) is 18.9 Å². The Morgan fingerprint density at radius 2 is 2.07 bits per heavy atom. The molecule has 1 fully saturated rings. The van der Waals surface area contributed by atoms with E-state index in [-0.39, 0.29) is 11.9 Å². The van der Waals surface area contributed by atoms with Crippen LogP contribution in [0.5, 0.6) is 0 Å². The van der Waals surface area contributed by atoms with Gasteiger partial charge in [0, 0.05) is 24.5 Å². The second-order valence-corrected chi connectivity index (χ2v) is 8.42. The van der Waals surface area contributed by atoms with E-state index in [1.165, 1.54) is 0 Å². The van der Waals surface area contributed by atoms with Crippen molar-refractivity contribution in [1.82, 2.24) is 9.88 Å². The number of thiazole rings is 1. The van der Waals surface area contributed by atoms with Crippen LogP contribution in [0.2, 0.25) is 0 Å². The van der Waals surface area contributed by atoms with Crippen LogP contribution in [-0.4, -0.2) is 52.2 Å². The number of hydrogen-bond acceptors (Lipinski definition) is 6. The minimum absolute atomic E-state index is 0.157. The molecule has 0 saturated carbocycles. The maximum absolute atomic E-state index is 12.6. The zero-order valence-corrected chi connectivity index (χ0v) is 17.3. The van der Waals surface area contributed by atoms with Crippen molar-refractivity contribution in [3.05, 3.63) is 28.6 Å². The predicted octanol–water partition coefficient (Wildman–Crippen LogP) is 3.63. The van der Waals surface area contributed by atoms with Crippen LogP contribution in [0.4, 0.5) is 13.2 Å². The van der Waals surface area contributed by atoms with E-state index in [9.17, 15) is 18.0 Å². The summed E-state index contributed by atoms with van der Waals surface area (Å²) in [5.74, 6) is -2.11. The molecule has 2 atom stereocenters. The summed E-state index contributed by atoms with van der Waals surface area (Å²) in [6, 6.07) is 4.26. The molecule has 1 aliphatic rings. The molecule has 0 bridgehead atoms. The van der Waals surface area contributed by atoms with E-state index < -0.39 is 12.1 Å². The lowest BCUT2D eigenvalue weighted by atomic mass is 9.90. The molecule has 0 aromatic carbocycles. The van der Waals surface area contributed by atoms with Crippen LogP contribution < -0.4 is 5.73 Å². The SMILES string of the molecule is CC1CCCN(C(=O)Cc2csc(-c3cccs3)n2)C1CN.O=C(O)C(F)(F)F. The third kappa shape index (κ3) is 6.51. The largest absolute Gasteiger partial charge is 0.490 e. The number of carboxylic acid groups (broad SMARTS) is 1. The van der Waals surface area contributed by atoms with Gasteiger partial charge in [0.1, 0.15) is 5.01 Å². The van der Waals surface area contributed by atoms with Crippen molar-refractivity contribution in [2.24, 2.45) is 11.7 Å². The van der Waals surface area contributed by atoms with E-state index in [1.54, 1.807) is 22.7 Å². The lowest BCUT2D eigenvalue weighted by Gasteiger charge is -2.39. The van der Waals surface area contributed by atoms with Gasteiger partial charge < -0.3 is 15.7 Å². The molecule has 0 spiro atoms. The molecule has 0 radical (unpaired) electrons. The third-order valence-electron chi connectivity index (χ3n) is 4.54. The highest BCUT2D eigenvalue weighted by Crippen LogP contribution is 2.28. The van der Waals surface area contributed by atoms with Crippen molar-refractivity contribution < 1.29 is 27.9 Å². The van der Waals surface area contributed by atoms with Crippen LogP contribution in [0.1, 0.15) is 25.5 Å². The van der Waals surface area contributed by atoms with Gasteiger partial charge in [-0.2, -0.15) is 13.2 Å². The van der Waals surface area contributed by atoms with Crippen molar-refractivity contribution >= 4 is 34.6 Å². The summed E-state index contributed by atoms with van der Waals surface area (Å²) in [6.07, 6.45) is -2.48. The number of amides is 1. The minimum atomic E-state index is -5.08. The Bertz CT molecular complexity index is 809. The summed E-state index contributed by atoms with van der Waals surface area (Å²) in [5, 5.41) is 12.2. The Labute approximate surface area is 174 Å². The standard InChI is InChI=1S/C16H21N3OS2.C2HF3O2/c1-11-4-2-6-19(13(11)9-17)15(20)8-12-10-22-16(18-12)14-5-3-7-21-14;3-2(4,5)1(6)7/h3,5,7,10-11,13H,2,4,6,8-9,17H2,1H3;(H,6,7). The molecule has 1 amide bonds. The molecule has 2 aromatic heterocycles. The molecule has 3 rings (SSSR count). The average Bonchev–Trinajstić information content (AvgIpc) is 3.32.